The molecule has 0 spiro atoms. The number of hydrogen-bond acceptors (Lipinski definition) is 7. The molecule has 0 radical (unpaired) electrons. The fraction of sp³-hybridized carbons (Fsp3) is 0.600. The molecule has 0 saturated heterocycles. The van der Waals surface area contributed by atoms with Gasteiger partial charge in [0.2, 0.25) is 11.0 Å². The average molecular weight is 366 g/mol. The van der Waals surface area contributed by atoms with Crippen LogP contribution >= 0.6 is 11.3 Å². The van der Waals surface area contributed by atoms with Gasteiger partial charge in [-0.3, -0.25) is 4.79 Å². The highest BCUT2D eigenvalue weighted by atomic mass is 32.1. The van der Waals surface area contributed by atoms with Gasteiger partial charge in [0.05, 0.1) is 23.9 Å². The Morgan fingerprint density at radius 3 is 2.88 bits per heavy atom. The number of aromatic nitrogens is 4. The van der Waals surface area contributed by atoms with Crippen molar-refractivity contribution >= 4 is 28.2 Å². The Labute approximate surface area is 149 Å². The van der Waals surface area contributed by atoms with E-state index in [2.05, 4.69) is 34.5 Å². The van der Waals surface area contributed by atoms with Crippen LogP contribution in [0.5, 0.6) is 0 Å². The van der Waals surface area contributed by atoms with Crippen LogP contribution in [0.1, 0.15) is 56.9 Å². The first-order valence-corrected chi connectivity index (χ1v) is 9.16. The Hall–Kier alpha value is -2.36. The van der Waals surface area contributed by atoms with Gasteiger partial charge in [0.15, 0.2) is 0 Å². The Balaban J connectivity index is 1.84. The summed E-state index contributed by atoms with van der Waals surface area (Å²) in [7, 11) is 0. The van der Waals surface area contributed by atoms with Crippen molar-refractivity contribution < 1.29 is 9.72 Å². The predicted molar refractivity (Wildman–Crippen MR) is 94.6 cm³/mol. The molecule has 0 aliphatic rings. The van der Waals surface area contributed by atoms with E-state index in [1.165, 1.54) is 28.3 Å². The van der Waals surface area contributed by atoms with Gasteiger partial charge in [-0.05, 0) is 17.8 Å². The summed E-state index contributed by atoms with van der Waals surface area (Å²) in [5.41, 5.74) is 0. The largest absolute Gasteiger partial charge is 0.389 e. The second-order valence-electron chi connectivity index (χ2n) is 5.69. The predicted octanol–water partition coefficient (Wildman–Crippen LogP) is 3.36. The first kappa shape index (κ1) is 19.0. The van der Waals surface area contributed by atoms with Gasteiger partial charge in [-0.15, -0.1) is 10.2 Å². The van der Waals surface area contributed by atoms with Crippen LogP contribution in [0.15, 0.2) is 12.3 Å². The maximum Gasteiger partial charge on any atom is 0.389 e. The van der Waals surface area contributed by atoms with Crippen LogP contribution in [0.2, 0.25) is 0 Å². The summed E-state index contributed by atoms with van der Waals surface area (Å²) >= 11 is 1.41. The number of carbonyl (C=O) groups excluding carboxylic acids is 1. The Morgan fingerprint density at radius 2 is 2.24 bits per heavy atom. The van der Waals surface area contributed by atoms with Crippen LogP contribution < -0.4 is 5.32 Å². The fourth-order valence-corrected chi connectivity index (χ4v) is 3.35. The molecule has 1 N–H and O–H groups in total. The number of aryl methyl sites for hydroxylation is 1. The van der Waals surface area contributed by atoms with Gasteiger partial charge in [0, 0.05) is 12.3 Å². The van der Waals surface area contributed by atoms with Crippen molar-refractivity contribution in [2.45, 2.75) is 58.4 Å². The molecule has 0 aliphatic heterocycles. The van der Waals surface area contributed by atoms with Gasteiger partial charge in [0.25, 0.3) is 0 Å². The number of amides is 1. The summed E-state index contributed by atoms with van der Waals surface area (Å²) in [6.45, 7) is 4.55. The Kier molecular flexibility index (Phi) is 6.99. The highest BCUT2D eigenvalue weighted by molar-refractivity contribution is 7.15. The van der Waals surface area contributed by atoms with E-state index in [1.807, 2.05) is 0 Å². The van der Waals surface area contributed by atoms with E-state index in [-0.39, 0.29) is 24.7 Å². The lowest BCUT2D eigenvalue weighted by Gasteiger charge is -2.09. The molecule has 25 heavy (non-hydrogen) atoms. The van der Waals surface area contributed by atoms with Crippen LogP contribution in [0.3, 0.4) is 0 Å². The van der Waals surface area contributed by atoms with Gasteiger partial charge in [-0.2, -0.15) is 4.68 Å². The van der Waals surface area contributed by atoms with Gasteiger partial charge in [-0.1, -0.05) is 38.0 Å². The van der Waals surface area contributed by atoms with Crippen molar-refractivity contribution in [1.82, 2.24) is 20.0 Å². The molecule has 2 aromatic heterocycles. The number of unbranched alkanes of at least 4 members (excludes halogenated alkanes) is 1. The molecule has 0 aliphatic carbocycles. The molecule has 136 valence electrons. The summed E-state index contributed by atoms with van der Waals surface area (Å²) < 4.78 is 1.38. The second-order valence-corrected chi connectivity index (χ2v) is 6.69. The summed E-state index contributed by atoms with van der Waals surface area (Å²) in [5.74, 6) is -0.0676. The molecule has 0 aromatic carbocycles. The van der Waals surface area contributed by atoms with E-state index in [4.69, 9.17) is 0 Å². The van der Waals surface area contributed by atoms with E-state index in [1.54, 1.807) is 0 Å². The lowest BCUT2D eigenvalue weighted by molar-refractivity contribution is -0.389. The fourth-order valence-electron chi connectivity index (χ4n) is 2.37. The van der Waals surface area contributed by atoms with Crippen LogP contribution in [0.4, 0.5) is 10.9 Å². The lowest BCUT2D eigenvalue weighted by Crippen LogP contribution is -2.14. The van der Waals surface area contributed by atoms with E-state index in [9.17, 15) is 14.9 Å². The molecular formula is C15H22N6O3S. The molecule has 0 unspecified atom stereocenters. The zero-order chi connectivity index (χ0) is 18.2. The molecule has 9 nitrogen and oxygen atoms in total. The molecule has 0 fully saturated rings. The number of nitro groups is 1. The molecule has 0 saturated carbocycles. The zero-order valence-electron chi connectivity index (χ0n) is 14.3. The zero-order valence-corrected chi connectivity index (χ0v) is 15.2. The first-order chi connectivity index (χ1) is 12.0. The van der Waals surface area contributed by atoms with Crippen molar-refractivity contribution in [2.75, 3.05) is 5.32 Å². The van der Waals surface area contributed by atoms with Gasteiger partial charge in [-0.25, -0.2) is 0 Å². The molecule has 2 aromatic rings. The third kappa shape index (κ3) is 5.59. The molecule has 10 heteroatoms. The van der Waals surface area contributed by atoms with Crippen molar-refractivity contribution in [3.8, 4) is 0 Å². The number of anilines is 1. The van der Waals surface area contributed by atoms with E-state index >= 15 is 0 Å². The van der Waals surface area contributed by atoms with Crippen molar-refractivity contribution in [2.24, 2.45) is 0 Å². The second kappa shape index (κ2) is 9.21. The van der Waals surface area contributed by atoms with Gasteiger partial charge >= 0.3 is 5.82 Å². The monoisotopic (exact) mass is 366 g/mol. The number of carbonyl (C=O) groups is 1. The van der Waals surface area contributed by atoms with E-state index in [0.717, 1.165) is 30.7 Å². The Morgan fingerprint density at radius 1 is 1.44 bits per heavy atom. The molecule has 0 bridgehead atoms. The number of rotatable bonds is 10. The molecule has 1 amide bonds. The molecule has 2 heterocycles. The minimum absolute atomic E-state index is 0.154. The number of nitrogens with zero attached hydrogens (tertiary/aromatic N) is 5. The van der Waals surface area contributed by atoms with Gasteiger partial charge < -0.3 is 15.4 Å². The van der Waals surface area contributed by atoms with Crippen LogP contribution in [0, 0.1) is 10.1 Å². The number of nitrogens with one attached hydrogen (secondary N) is 1. The SMILES string of the molecule is CCCC[C@H](CC)c1nnc(NC(=O)CCn2ccc([N+](=O)[O-])n2)s1. The average Bonchev–Trinajstić information content (AvgIpc) is 3.23. The summed E-state index contributed by atoms with van der Waals surface area (Å²) in [4.78, 5) is 22.0. The normalized spacial score (nSPS) is 12.1. The lowest BCUT2D eigenvalue weighted by atomic mass is 10.0. The molecular weight excluding hydrogens is 344 g/mol. The van der Waals surface area contributed by atoms with E-state index < -0.39 is 4.92 Å². The van der Waals surface area contributed by atoms with Crippen LogP contribution in [-0.2, 0) is 11.3 Å². The molecule has 2 rings (SSSR count). The topological polar surface area (TPSA) is 116 Å². The van der Waals surface area contributed by atoms with Crippen molar-refractivity contribution in [3.05, 3.63) is 27.4 Å². The minimum Gasteiger partial charge on any atom is -0.358 e. The van der Waals surface area contributed by atoms with Crippen molar-refractivity contribution in [1.29, 1.82) is 0 Å². The highest BCUT2D eigenvalue weighted by Crippen LogP contribution is 2.29. The quantitative estimate of drug-likeness (QED) is 0.509. The standard InChI is InChI=1S/C15H22N6O3S/c1-3-5-6-11(4-2)14-17-18-15(25-14)16-13(22)8-10-20-9-7-12(19-20)21(23)24/h7,9,11H,3-6,8,10H2,1-2H3,(H,16,18,22)/t11-/m0/s1. The maximum atomic E-state index is 12.0. The van der Waals surface area contributed by atoms with Gasteiger partial charge in [0.1, 0.15) is 5.01 Å². The minimum atomic E-state index is -0.567. The molecule has 1 atom stereocenters. The van der Waals surface area contributed by atoms with Crippen LogP contribution in [-0.4, -0.2) is 30.8 Å². The maximum absolute atomic E-state index is 12.0. The van der Waals surface area contributed by atoms with Crippen molar-refractivity contribution in [3.63, 3.8) is 0 Å². The summed E-state index contributed by atoms with van der Waals surface area (Å²) in [6, 6.07) is 1.30. The summed E-state index contributed by atoms with van der Waals surface area (Å²) in [5, 5.41) is 26.8. The third-order valence-electron chi connectivity index (χ3n) is 3.82. The highest BCUT2D eigenvalue weighted by Gasteiger charge is 2.16. The summed E-state index contributed by atoms with van der Waals surface area (Å²) in [6.07, 6.45) is 6.00. The third-order valence-corrected chi connectivity index (χ3v) is 4.82. The number of hydrogen-bond donors (Lipinski definition) is 1. The first-order valence-electron chi connectivity index (χ1n) is 8.34. The Bertz CT molecular complexity index is 714. The van der Waals surface area contributed by atoms with Crippen LogP contribution in [0.25, 0.3) is 0 Å². The smallest absolute Gasteiger partial charge is 0.358 e. The van der Waals surface area contributed by atoms with E-state index in [0.29, 0.717) is 11.0 Å².